The molecular weight excluding hydrogens is 342 g/mol. The maximum Gasteiger partial charge on any atom is 0.191 e. The van der Waals surface area contributed by atoms with Crippen molar-refractivity contribution in [2.75, 3.05) is 20.1 Å². The Morgan fingerprint density at radius 1 is 1.04 bits per heavy atom. The van der Waals surface area contributed by atoms with E-state index < -0.39 is 6.10 Å². The number of nitrogens with one attached hydrogen (secondary N) is 2. The van der Waals surface area contributed by atoms with E-state index in [9.17, 15) is 5.11 Å². The van der Waals surface area contributed by atoms with Crippen molar-refractivity contribution in [3.63, 3.8) is 0 Å². The van der Waals surface area contributed by atoms with Gasteiger partial charge in [0.05, 0.1) is 0 Å². The first-order valence-corrected chi connectivity index (χ1v) is 9.65. The molecule has 1 heterocycles. The number of hydrogen-bond donors (Lipinski definition) is 3. The summed E-state index contributed by atoms with van der Waals surface area (Å²) in [5.74, 6) is 1.08. The third-order valence-corrected chi connectivity index (χ3v) is 5.62. The molecule has 5 heteroatoms. The number of rotatable bonds is 6. The van der Waals surface area contributed by atoms with Crippen LogP contribution in [0.15, 0.2) is 65.7 Å². The number of aliphatic imine (C=N–C) groups is 1. The lowest BCUT2D eigenvalue weighted by Gasteiger charge is -2.17. The SMILES string of the molecule is CN=C(NCC(C)c1ccccc1)NCC(O)c1cc2ccccc2s1. The van der Waals surface area contributed by atoms with Crippen molar-refractivity contribution in [3.8, 4) is 0 Å². The van der Waals surface area contributed by atoms with Crippen molar-refractivity contribution in [1.82, 2.24) is 10.6 Å². The van der Waals surface area contributed by atoms with E-state index >= 15 is 0 Å². The fraction of sp³-hybridized carbons (Fsp3) is 0.286. The predicted octanol–water partition coefficient (Wildman–Crippen LogP) is 3.90. The standard InChI is InChI=1S/C21H25N3OS/c1-15(16-8-4-3-5-9-16)13-23-21(22-2)24-14-18(25)20-12-17-10-6-7-11-19(17)26-20/h3-12,15,18,25H,13-14H2,1-2H3,(H2,22,23,24). The molecule has 26 heavy (non-hydrogen) atoms. The van der Waals surface area contributed by atoms with E-state index in [1.165, 1.54) is 15.6 Å². The Balaban J connectivity index is 1.52. The van der Waals surface area contributed by atoms with Gasteiger partial charge in [0.1, 0.15) is 6.10 Å². The van der Waals surface area contributed by atoms with Crippen molar-refractivity contribution >= 4 is 27.4 Å². The lowest BCUT2D eigenvalue weighted by Crippen LogP contribution is -2.40. The maximum atomic E-state index is 10.5. The third kappa shape index (κ3) is 4.62. The summed E-state index contributed by atoms with van der Waals surface area (Å²) in [7, 11) is 1.74. The van der Waals surface area contributed by atoms with Crippen LogP contribution < -0.4 is 10.6 Å². The second-order valence-corrected chi connectivity index (χ2v) is 7.46. The van der Waals surface area contributed by atoms with Gasteiger partial charge in [-0.1, -0.05) is 55.5 Å². The van der Waals surface area contributed by atoms with E-state index in [-0.39, 0.29) is 0 Å². The Labute approximate surface area is 158 Å². The minimum Gasteiger partial charge on any atom is -0.386 e. The summed E-state index contributed by atoms with van der Waals surface area (Å²) in [5.41, 5.74) is 1.29. The fourth-order valence-corrected chi connectivity index (χ4v) is 3.88. The molecular formula is C21H25N3OS. The molecule has 0 radical (unpaired) electrons. The van der Waals surface area contributed by atoms with Gasteiger partial charge in [-0.05, 0) is 29.0 Å². The second-order valence-electron chi connectivity index (χ2n) is 6.35. The molecule has 0 saturated carbocycles. The van der Waals surface area contributed by atoms with Gasteiger partial charge in [0.2, 0.25) is 0 Å². The molecule has 2 aromatic carbocycles. The summed E-state index contributed by atoms with van der Waals surface area (Å²) in [4.78, 5) is 5.21. The van der Waals surface area contributed by atoms with Crippen molar-refractivity contribution < 1.29 is 5.11 Å². The van der Waals surface area contributed by atoms with Gasteiger partial charge in [0, 0.05) is 29.7 Å². The molecule has 3 rings (SSSR count). The molecule has 3 aromatic rings. The summed E-state index contributed by atoms with van der Waals surface area (Å²) in [6.45, 7) is 3.39. The maximum absolute atomic E-state index is 10.5. The number of fused-ring (bicyclic) bond motifs is 1. The summed E-state index contributed by atoms with van der Waals surface area (Å²) in [6.07, 6.45) is -0.558. The van der Waals surface area contributed by atoms with Gasteiger partial charge < -0.3 is 15.7 Å². The number of hydrogen-bond acceptors (Lipinski definition) is 3. The molecule has 0 aliphatic rings. The van der Waals surface area contributed by atoms with Gasteiger partial charge in [0.15, 0.2) is 5.96 Å². The highest BCUT2D eigenvalue weighted by Crippen LogP contribution is 2.29. The number of guanidine groups is 1. The predicted molar refractivity (Wildman–Crippen MR) is 111 cm³/mol. The number of thiophene rings is 1. The van der Waals surface area contributed by atoms with Gasteiger partial charge in [-0.3, -0.25) is 4.99 Å². The summed E-state index contributed by atoms with van der Waals surface area (Å²) < 4.78 is 1.20. The smallest absolute Gasteiger partial charge is 0.191 e. The normalized spacial score (nSPS) is 14.2. The Morgan fingerprint density at radius 3 is 2.46 bits per heavy atom. The van der Waals surface area contributed by atoms with Crippen LogP contribution in [0, 0.1) is 0 Å². The van der Waals surface area contributed by atoms with Crippen LogP contribution >= 0.6 is 11.3 Å². The molecule has 0 aliphatic heterocycles. The Bertz CT molecular complexity index is 827. The van der Waals surface area contributed by atoms with Crippen LogP contribution in [-0.4, -0.2) is 31.2 Å². The van der Waals surface area contributed by atoms with Crippen molar-refractivity contribution in [2.24, 2.45) is 4.99 Å². The van der Waals surface area contributed by atoms with Crippen LogP contribution in [-0.2, 0) is 0 Å². The highest BCUT2D eigenvalue weighted by atomic mass is 32.1. The average molecular weight is 368 g/mol. The molecule has 0 amide bonds. The molecule has 0 aliphatic carbocycles. The van der Waals surface area contributed by atoms with E-state index in [4.69, 9.17) is 0 Å². The molecule has 0 spiro atoms. The van der Waals surface area contributed by atoms with Crippen LogP contribution in [0.4, 0.5) is 0 Å². The lowest BCUT2D eigenvalue weighted by atomic mass is 10.0. The number of nitrogens with zero attached hydrogens (tertiary/aromatic N) is 1. The van der Waals surface area contributed by atoms with Crippen LogP contribution in [0.2, 0.25) is 0 Å². The van der Waals surface area contributed by atoms with E-state index in [1.807, 2.05) is 18.2 Å². The molecule has 0 saturated heterocycles. The molecule has 4 nitrogen and oxygen atoms in total. The van der Waals surface area contributed by atoms with E-state index in [2.05, 4.69) is 65.0 Å². The zero-order valence-corrected chi connectivity index (χ0v) is 16.0. The molecule has 1 aromatic heterocycles. The van der Waals surface area contributed by atoms with Gasteiger partial charge in [-0.15, -0.1) is 11.3 Å². The highest BCUT2D eigenvalue weighted by Gasteiger charge is 2.12. The van der Waals surface area contributed by atoms with Crippen LogP contribution in [0.5, 0.6) is 0 Å². The summed E-state index contributed by atoms with van der Waals surface area (Å²) in [6, 6.07) is 20.6. The molecule has 0 bridgehead atoms. The van der Waals surface area contributed by atoms with Crippen molar-refractivity contribution in [1.29, 1.82) is 0 Å². The highest BCUT2D eigenvalue weighted by molar-refractivity contribution is 7.19. The van der Waals surface area contributed by atoms with Crippen LogP contribution in [0.25, 0.3) is 10.1 Å². The Kier molecular flexibility index (Phi) is 6.26. The molecule has 0 fully saturated rings. The zero-order chi connectivity index (χ0) is 18.4. The van der Waals surface area contributed by atoms with Crippen molar-refractivity contribution in [2.45, 2.75) is 18.9 Å². The van der Waals surface area contributed by atoms with Crippen LogP contribution in [0.3, 0.4) is 0 Å². The van der Waals surface area contributed by atoms with Gasteiger partial charge in [-0.25, -0.2) is 0 Å². The quantitative estimate of drug-likeness (QED) is 0.457. The minimum absolute atomic E-state index is 0.377. The van der Waals surface area contributed by atoms with E-state index in [1.54, 1.807) is 18.4 Å². The first kappa shape index (κ1) is 18.4. The molecule has 136 valence electrons. The van der Waals surface area contributed by atoms with E-state index in [0.29, 0.717) is 18.4 Å². The fourth-order valence-electron chi connectivity index (χ4n) is 2.83. The number of aliphatic hydroxyl groups excluding tert-OH is 1. The summed E-state index contributed by atoms with van der Waals surface area (Å²) in [5, 5.41) is 18.2. The van der Waals surface area contributed by atoms with Gasteiger partial charge >= 0.3 is 0 Å². The van der Waals surface area contributed by atoms with Gasteiger partial charge in [-0.2, -0.15) is 0 Å². The lowest BCUT2D eigenvalue weighted by molar-refractivity contribution is 0.184. The van der Waals surface area contributed by atoms with Crippen molar-refractivity contribution in [3.05, 3.63) is 71.1 Å². The second kappa shape index (κ2) is 8.83. The van der Waals surface area contributed by atoms with E-state index in [0.717, 1.165) is 11.4 Å². The van der Waals surface area contributed by atoms with Crippen LogP contribution in [0.1, 0.15) is 29.4 Å². The molecule has 2 atom stereocenters. The average Bonchev–Trinajstić information content (AvgIpc) is 3.12. The Morgan fingerprint density at radius 2 is 1.73 bits per heavy atom. The summed E-state index contributed by atoms with van der Waals surface area (Å²) >= 11 is 1.63. The third-order valence-electron chi connectivity index (χ3n) is 4.40. The van der Waals surface area contributed by atoms with Gasteiger partial charge in [0.25, 0.3) is 0 Å². The monoisotopic (exact) mass is 367 g/mol. The largest absolute Gasteiger partial charge is 0.386 e. The number of benzene rings is 2. The molecule has 3 N–H and O–H groups in total. The Hall–Kier alpha value is -2.37. The minimum atomic E-state index is -0.558. The molecule has 2 unspecified atom stereocenters. The zero-order valence-electron chi connectivity index (χ0n) is 15.1. The first-order chi connectivity index (χ1) is 12.7. The number of aliphatic hydroxyl groups is 1. The first-order valence-electron chi connectivity index (χ1n) is 8.83. The topological polar surface area (TPSA) is 56.7 Å².